The lowest BCUT2D eigenvalue weighted by atomic mass is 10.1. The van der Waals surface area contributed by atoms with E-state index in [-0.39, 0.29) is 0 Å². The number of likely N-dealkylation sites (N-methyl/N-ethyl adjacent to an activating group) is 1. The van der Waals surface area contributed by atoms with Gasteiger partial charge in [-0.05, 0) is 44.2 Å². The molecule has 0 fully saturated rings. The fourth-order valence-corrected chi connectivity index (χ4v) is 2.16. The minimum absolute atomic E-state index is 0.325. The third-order valence-corrected chi connectivity index (χ3v) is 3.15. The first-order valence-electron chi connectivity index (χ1n) is 6.85. The summed E-state index contributed by atoms with van der Waals surface area (Å²) >= 11 is 0. The number of aryl methyl sites for hydroxylation is 1. The van der Waals surface area contributed by atoms with Crippen LogP contribution in [0, 0.1) is 6.92 Å². The third-order valence-electron chi connectivity index (χ3n) is 3.15. The summed E-state index contributed by atoms with van der Waals surface area (Å²) in [6.45, 7) is 7.11. The number of aromatic nitrogens is 2. The van der Waals surface area contributed by atoms with E-state index < -0.39 is 0 Å². The van der Waals surface area contributed by atoms with Crippen LogP contribution < -0.4 is 10.1 Å². The molecular weight excluding hydrogens is 254 g/mol. The van der Waals surface area contributed by atoms with Gasteiger partial charge in [0.1, 0.15) is 5.75 Å². The van der Waals surface area contributed by atoms with Gasteiger partial charge in [0.15, 0.2) is 0 Å². The molecule has 2 rings (SSSR count). The molecule has 1 atom stereocenters. The summed E-state index contributed by atoms with van der Waals surface area (Å²) in [5.41, 5.74) is 1.99. The second kappa shape index (κ2) is 6.52. The van der Waals surface area contributed by atoms with E-state index in [1.807, 2.05) is 25.1 Å². The van der Waals surface area contributed by atoms with E-state index in [0.29, 0.717) is 17.8 Å². The highest BCUT2D eigenvalue weighted by molar-refractivity contribution is 5.58. The molecule has 108 valence electrons. The zero-order valence-electron chi connectivity index (χ0n) is 12.4. The first kappa shape index (κ1) is 14.5. The molecule has 1 aromatic heterocycles. The molecule has 0 saturated carbocycles. The number of nitrogens with zero attached hydrogens (tertiary/aromatic N) is 2. The lowest BCUT2D eigenvalue weighted by molar-refractivity contribution is 0.363. The van der Waals surface area contributed by atoms with Crippen molar-refractivity contribution in [3.63, 3.8) is 0 Å². The van der Waals surface area contributed by atoms with Gasteiger partial charge in [-0.2, -0.15) is 4.98 Å². The molecule has 20 heavy (non-hydrogen) atoms. The highest BCUT2D eigenvalue weighted by Crippen LogP contribution is 2.24. The maximum Gasteiger partial charge on any atom is 0.228 e. The maximum absolute atomic E-state index is 5.30. The number of hydrogen-bond acceptors (Lipinski definition) is 5. The van der Waals surface area contributed by atoms with Gasteiger partial charge in [0.2, 0.25) is 11.7 Å². The molecule has 1 N–H and O–H groups in total. The summed E-state index contributed by atoms with van der Waals surface area (Å²) in [4.78, 5) is 4.44. The Morgan fingerprint density at radius 1 is 1.40 bits per heavy atom. The maximum atomic E-state index is 5.30. The second-order valence-corrected chi connectivity index (χ2v) is 4.86. The summed E-state index contributed by atoms with van der Waals surface area (Å²) in [6, 6.07) is 6.18. The van der Waals surface area contributed by atoms with Gasteiger partial charge < -0.3 is 14.6 Å². The Morgan fingerprint density at radius 2 is 2.20 bits per heavy atom. The van der Waals surface area contributed by atoms with Crippen LogP contribution in [0.15, 0.2) is 22.7 Å². The standard InChI is InChI=1S/C15H21N3O2/c1-5-16-11(3)9-14-17-15(18-20-14)12-6-7-13(19-4)10(2)8-12/h6-8,11,16H,5,9H2,1-4H3. The van der Waals surface area contributed by atoms with Crippen molar-refractivity contribution in [2.45, 2.75) is 33.2 Å². The summed E-state index contributed by atoms with van der Waals surface area (Å²) < 4.78 is 10.5. The van der Waals surface area contributed by atoms with Gasteiger partial charge in [-0.25, -0.2) is 0 Å². The van der Waals surface area contributed by atoms with Crippen LogP contribution in [0.3, 0.4) is 0 Å². The molecule has 0 amide bonds. The zero-order valence-corrected chi connectivity index (χ0v) is 12.4. The number of nitrogens with one attached hydrogen (secondary N) is 1. The van der Waals surface area contributed by atoms with Crippen molar-refractivity contribution in [2.24, 2.45) is 0 Å². The lowest BCUT2D eigenvalue weighted by Gasteiger charge is -2.07. The SMILES string of the molecule is CCNC(C)Cc1nc(-c2ccc(OC)c(C)c2)no1. The van der Waals surface area contributed by atoms with Crippen LogP contribution in [0.5, 0.6) is 5.75 Å². The summed E-state index contributed by atoms with van der Waals surface area (Å²) in [5, 5.41) is 7.36. The van der Waals surface area contributed by atoms with E-state index in [1.165, 1.54) is 0 Å². The molecule has 0 bridgehead atoms. The van der Waals surface area contributed by atoms with Gasteiger partial charge in [0, 0.05) is 18.0 Å². The molecule has 1 heterocycles. The van der Waals surface area contributed by atoms with Crippen LogP contribution in [0.25, 0.3) is 11.4 Å². The largest absolute Gasteiger partial charge is 0.496 e. The van der Waals surface area contributed by atoms with Gasteiger partial charge in [-0.3, -0.25) is 0 Å². The highest BCUT2D eigenvalue weighted by Gasteiger charge is 2.12. The Bertz CT molecular complexity index is 566. The first-order chi connectivity index (χ1) is 9.63. The molecule has 1 aromatic carbocycles. The molecule has 0 aliphatic heterocycles. The molecule has 0 aliphatic carbocycles. The van der Waals surface area contributed by atoms with Crippen molar-refractivity contribution >= 4 is 0 Å². The second-order valence-electron chi connectivity index (χ2n) is 4.86. The molecule has 1 unspecified atom stereocenters. The van der Waals surface area contributed by atoms with Gasteiger partial charge >= 0.3 is 0 Å². The van der Waals surface area contributed by atoms with Gasteiger partial charge in [-0.1, -0.05) is 12.1 Å². The normalized spacial score (nSPS) is 12.4. The van der Waals surface area contributed by atoms with Crippen LogP contribution in [-0.4, -0.2) is 29.8 Å². The van der Waals surface area contributed by atoms with Crippen molar-refractivity contribution in [3.8, 4) is 17.1 Å². The summed E-state index contributed by atoms with van der Waals surface area (Å²) in [5.74, 6) is 2.13. The summed E-state index contributed by atoms with van der Waals surface area (Å²) in [6.07, 6.45) is 0.732. The fraction of sp³-hybridized carbons (Fsp3) is 0.467. The average molecular weight is 275 g/mol. The molecule has 2 aromatic rings. The lowest BCUT2D eigenvalue weighted by Crippen LogP contribution is -2.27. The Morgan fingerprint density at radius 3 is 2.85 bits per heavy atom. The molecule has 0 saturated heterocycles. The predicted octanol–water partition coefficient (Wildman–Crippen LogP) is 2.59. The number of hydrogen-bond donors (Lipinski definition) is 1. The molecule has 0 spiro atoms. The molecule has 0 aliphatic rings. The molecule has 5 heteroatoms. The van der Waals surface area contributed by atoms with Crippen molar-refractivity contribution in [3.05, 3.63) is 29.7 Å². The Labute approximate surface area is 119 Å². The molecule has 5 nitrogen and oxygen atoms in total. The van der Waals surface area contributed by atoms with Gasteiger partial charge in [0.25, 0.3) is 0 Å². The van der Waals surface area contributed by atoms with E-state index in [4.69, 9.17) is 9.26 Å². The van der Waals surface area contributed by atoms with Crippen molar-refractivity contribution in [1.82, 2.24) is 15.5 Å². The van der Waals surface area contributed by atoms with E-state index in [9.17, 15) is 0 Å². The highest BCUT2D eigenvalue weighted by atomic mass is 16.5. The summed E-state index contributed by atoms with van der Waals surface area (Å²) in [7, 11) is 1.66. The predicted molar refractivity (Wildman–Crippen MR) is 77.9 cm³/mol. The van der Waals surface area contributed by atoms with Gasteiger partial charge in [0.05, 0.1) is 7.11 Å². The van der Waals surface area contributed by atoms with Crippen LogP contribution in [0.4, 0.5) is 0 Å². The number of methoxy groups -OCH3 is 1. The third kappa shape index (κ3) is 3.36. The monoisotopic (exact) mass is 275 g/mol. The molecular formula is C15H21N3O2. The minimum Gasteiger partial charge on any atom is -0.496 e. The Kier molecular flexibility index (Phi) is 4.74. The van der Waals surface area contributed by atoms with E-state index in [0.717, 1.165) is 29.8 Å². The quantitative estimate of drug-likeness (QED) is 0.878. The van der Waals surface area contributed by atoms with Crippen molar-refractivity contribution in [2.75, 3.05) is 13.7 Å². The number of ether oxygens (including phenoxy) is 1. The Hall–Kier alpha value is -1.88. The van der Waals surface area contributed by atoms with Crippen LogP contribution >= 0.6 is 0 Å². The van der Waals surface area contributed by atoms with Crippen molar-refractivity contribution in [1.29, 1.82) is 0 Å². The smallest absolute Gasteiger partial charge is 0.228 e. The average Bonchev–Trinajstić information content (AvgIpc) is 2.87. The topological polar surface area (TPSA) is 60.2 Å². The first-order valence-corrected chi connectivity index (χ1v) is 6.85. The van der Waals surface area contributed by atoms with Crippen molar-refractivity contribution < 1.29 is 9.26 Å². The van der Waals surface area contributed by atoms with Crippen LogP contribution in [-0.2, 0) is 6.42 Å². The fourth-order valence-electron chi connectivity index (χ4n) is 2.16. The molecule has 0 radical (unpaired) electrons. The van der Waals surface area contributed by atoms with Gasteiger partial charge in [-0.15, -0.1) is 0 Å². The zero-order chi connectivity index (χ0) is 14.5. The van der Waals surface area contributed by atoms with E-state index in [2.05, 4.69) is 29.3 Å². The number of rotatable bonds is 6. The van der Waals surface area contributed by atoms with Crippen LogP contribution in [0.1, 0.15) is 25.3 Å². The van der Waals surface area contributed by atoms with Crippen LogP contribution in [0.2, 0.25) is 0 Å². The Balaban J connectivity index is 2.14. The minimum atomic E-state index is 0.325. The number of benzene rings is 1. The van der Waals surface area contributed by atoms with E-state index >= 15 is 0 Å². The van der Waals surface area contributed by atoms with E-state index in [1.54, 1.807) is 7.11 Å².